The number of aryl methyl sites for hydroxylation is 2. The van der Waals surface area contributed by atoms with Gasteiger partial charge in [-0.25, -0.2) is 9.78 Å². The lowest BCUT2D eigenvalue weighted by molar-refractivity contribution is -0.192. The summed E-state index contributed by atoms with van der Waals surface area (Å²) >= 11 is 1.81. The molecule has 0 bridgehead atoms. The minimum atomic E-state index is -5.08. The fourth-order valence-corrected chi connectivity index (χ4v) is 6.44. The SMILES string of the molecule is O=C(O)C(F)(F)F.O=C(O)CCc1ccc(OCc2ccc(CN3CCCCc4nc(-c5ccc(-c6ccccc6)cc5)sc43)cc2)cc1. The Hall–Kier alpha value is -5.16. The van der Waals surface area contributed by atoms with Crippen LogP contribution in [0.1, 0.15) is 41.6 Å². The third-order valence-corrected chi connectivity index (χ3v) is 9.10. The number of nitrogens with zero attached hydrogens (tertiary/aromatic N) is 2. The van der Waals surface area contributed by atoms with E-state index in [4.69, 9.17) is 24.7 Å². The Morgan fingerprint density at radius 3 is 2.00 bits per heavy atom. The minimum absolute atomic E-state index is 0.137. The number of ether oxygens (including phenoxy) is 1. The summed E-state index contributed by atoms with van der Waals surface area (Å²) in [5, 5.41) is 18.4. The molecule has 0 unspecified atom stereocenters. The van der Waals surface area contributed by atoms with Gasteiger partial charge in [0.1, 0.15) is 22.4 Å². The van der Waals surface area contributed by atoms with E-state index in [0.717, 1.165) is 47.8 Å². The average molecular weight is 689 g/mol. The molecule has 49 heavy (non-hydrogen) atoms. The summed E-state index contributed by atoms with van der Waals surface area (Å²) in [6.07, 6.45) is -1.05. The summed E-state index contributed by atoms with van der Waals surface area (Å²) in [5.74, 6) is -2.75. The number of alkyl halides is 3. The number of hydrogen-bond donors (Lipinski definition) is 2. The van der Waals surface area contributed by atoms with Crippen molar-refractivity contribution in [1.82, 2.24) is 4.98 Å². The van der Waals surface area contributed by atoms with E-state index >= 15 is 0 Å². The van der Waals surface area contributed by atoms with Gasteiger partial charge in [0, 0.05) is 25.1 Å². The Morgan fingerprint density at radius 2 is 1.37 bits per heavy atom. The Kier molecular flexibility index (Phi) is 11.7. The fraction of sp³-hybridized carbons (Fsp3) is 0.237. The normalized spacial score (nSPS) is 12.7. The average Bonchev–Trinajstić information content (AvgIpc) is 3.44. The number of hydrogen-bond acceptors (Lipinski definition) is 6. The zero-order valence-corrected chi connectivity index (χ0v) is 27.3. The molecule has 0 saturated carbocycles. The second-order valence-corrected chi connectivity index (χ2v) is 12.5. The Morgan fingerprint density at radius 1 is 0.776 bits per heavy atom. The third kappa shape index (κ3) is 10.2. The van der Waals surface area contributed by atoms with Crippen molar-refractivity contribution >= 4 is 28.3 Å². The quantitative estimate of drug-likeness (QED) is 0.151. The van der Waals surface area contributed by atoms with Crippen molar-refractivity contribution in [2.45, 2.75) is 51.4 Å². The second kappa shape index (κ2) is 16.3. The predicted molar refractivity (Wildman–Crippen MR) is 184 cm³/mol. The van der Waals surface area contributed by atoms with Gasteiger partial charge < -0.3 is 19.8 Å². The Labute approximate surface area is 286 Å². The molecule has 1 aliphatic heterocycles. The van der Waals surface area contributed by atoms with Gasteiger partial charge in [0.25, 0.3) is 0 Å². The van der Waals surface area contributed by atoms with Crippen molar-refractivity contribution in [1.29, 1.82) is 0 Å². The Balaban J connectivity index is 0.000000606. The van der Waals surface area contributed by atoms with Gasteiger partial charge in [-0.2, -0.15) is 13.2 Å². The van der Waals surface area contributed by atoms with Crippen LogP contribution in [-0.2, 0) is 35.6 Å². The number of anilines is 1. The zero-order valence-electron chi connectivity index (χ0n) is 26.5. The first-order valence-corrected chi connectivity index (χ1v) is 16.6. The number of carbonyl (C=O) groups is 2. The summed E-state index contributed by atoms with van der Waals surface area (Å²) in [7, 11) is 0. The number of fused-ring (bicyclic) bond motifs is 1. The van der Waals surface area contributed by atoms with E-state index in [1.807, 2.05) is 41.7 Å². The molecule has 6 rings (SSSR count). The maximum Gasteiger partial charge on any atom is 0.490 e. The molecule has 7 nitrogen and oxygen atoms in total. The van der Waals surface area contributed by atoms with Gasteiger partial charge in [-0.3, -0.25) is 4.79 Å². The maximum atomic E-state index is 10.8. The molecule has 0 saturated heterocycles. The highest BCUT2D eigenvalue weighted by molar-refractivity contribution is 7.19. The first kappa shape index (κ1) is 35.2. The molecule has 0 fully saturated rings. The van der Waals surface area contributed by atoms with E-state index in [9.17, 15) is 18.0 Å². The molecule has 5 aromatic rings. The number of thiazole rings is 1. The first-order chi connectivity index (χ1) is 23.5. The number of rotatable bonds is 10. The first-order valence-electron chi connectivity index (χ1n) is 15.8. The van der Waals surface area contributed by atoms with Crippen LogP contribution in [0, 0.1) is 0 Å². The largest absolute Gasteiger partial charge is 0.490 e. The molecule has 4 aromatic carbocycles. The van der Waals surface area contributed by atoms with Crippen LogP contribution in [0.2, 0.25) is 0 Å². The van der Waals surface area contributed by atoms with E-state index in [1.165, 1.54) is 39.4 Å². The summed E-state index contributed by atoms with van der Waals surface area (Å²) in [6.45, 7) is 2.39. The number of carboxylic acid groups (broad SMARTS) is 2. The van der Waals surface area contributed by atoms with Crippen LogP contribution in [0.25, 0.3) is 21.7 Å². The van der Waals surface area contributed by atoms with Crippen LogP contribution < -0.4 is 9.64 Å². The number of benzene rings is 4. The van der Waals surface area contributed by atoms with Gasteiger partial charge in [-0.1, -0.05) is 102 Å². The molecule has 0 aliphatic carbocycles. The van der Waals surface area contributed by atoms with E-state index in [1.54, 1.807) is 0 Å². The molecule has 1 aromatic heterocycles. The van der Waals surface area contributed by atoms with Gasteiger partial charge >= 0.3 is 18.1 Å². The summed E-state index contributed by atoms with van der Waals surface area (Å²) in [4.78, 5) is 27.3. The molecular weight excluding hydrogens is 653 g/mol. The maximum absolute atomic E-state index is 10.8. The van der Waals surface area contributed by atoms with E-state index < -0.39 is 18.1 Å². The van der Waals surface area contributed by atoms with Crippen molar-refractivity contribution in [3.63, 3.8) is 0 Å². The molecule has 11 heteroatoms. The van der Waals surface area contributed by atoms with Gasteiger partial charge in [0.05, 0.1) is 5.69 Å². The van der Waals surface area contributed by atoms with Crippen molar-refractivity contribution in [3.05, 3.63) is 126 Å². The molecule has 0 amide bonds. The lowest BCUT2D eigenvalue weighted by Crippen LogP contribution is -2.22. The van der Waals surface area contributed by atoms with Gasteiger partial charge in [-0.15, -0.1) is 0 Å². The summed E-state index contributed by atoms with van der Waals surface area (Å²) < 4.78 is 37.7. The highest BCUT2D eigenvalue weighted by atomic mass is 32.1. The van der Waals surface area contributed by atoms with Crippen LogP contribution in [0.5, 0.6) is 5.75 Å². The van der Waals surface area contributed by atoms with E-state index in [0.29, 0.717) is 13.0 Å². The molecule has 254 valence electrons. The third-order valence-electron chi connectivity index (χ3n) is 7.89. The number of aromatic nitrogens is 1. The van der Waals surface area contributed by atoms with Crippen LogP contribution in [0.3, 0.4) is 0 Å². The molecule has 2 N–H and O–H groups in total. The van der Waals surface area contributed by atoms with Crippen LogP contribution in [0.4, 0.5) is 18.2 Å². The fourth-order valence-electron chi connectivity index (χ4n) is 5.29. The lowest BCUT2D eigenvalue weighted by Gasteiger charge is -2.22. The van der Waals surface area contributed by atoms with Crippen LogP contribution in [-0.4, -0.2) is 39.9 Å². The topological polar surface area (TPSA) is 100.0 Å². The van der Waals surface area contributed by atoms with Gasteiger partial charge in [0.15, 0.2) is 0 Å². The molecule has 0 radical (unpaired) electrons. The van der Waals surface area contributed by atoms with Crippen LogP contribution in [0.15, 0.2) is 103 Å². The van der Waals surface area contributed by atoms with Crippen molar-refractivity contribution in [2.75, 3.05) is 11.4 Å². The zero-order chi connectivity index (χ0) is 34.8. The monoisotopic (exact) mass is 688 g/mol. The molecule has 1 aliphatic rings. The van der Waals surface area contributed by atoms with Crippen molar-refractivity contribution in [2.24, 2.45) is 0 Å². The molecule has 0 atom stereocenters. The van der Waals surface area contributed by atoms with Crippen LogP contribution >= 0.6 is 11.3 Å². The number of carboxylic acids is 2. The molecule has 2 heterocycles. The summed E-state index contributed by atoms with van der Waals surface area (Å²) in [6, 6.07) is 35.6. The smallest absolute Gasteiger partial charge is 0.489 e. The Bertz CT molecular complexity index is 1830. The second-order valence-electron chi connectivity index (χ2n) is 11.5. The number of aliphatic carboxylic acids is 2. The standard InChI is InChI=1S/C36H34N2O3S.C2HF3O2/c39-34(40)22-15-26-13-20-32(21-14-26)41-25-28-11-9-27(10-12-28)24-38-23-5-4-8-33-36(38)42-35(37-33)31-18-16-30(17-19-31)29-6-2-1-3-7-29;3-2(4,5)1(6)7/h1-3,6-7,9-14,16-21H,4-5,8,15,22-25H2,(H,39,40);(H,6,7). The number of halogens is 3. The highest BCUT2D eigenvalue weighted by Gasteiger charge is 2.38. The predicted octanol–water partition coefficient (Wildman–Crippen LogP) is 9.05. The highest BCUT2D eigenvalue weighted by Crippen LogP contribution is 2.38. The van der Waals surface area contributed by atoms with E-state index in [-0.39, 0.29) is 6.42 Å². The van der Waals surface area contributed by atoms with E-state index in [2.05, 4.69) is 77.7 Å². The minimum Gasteiger partial charge on any atom is -0.489 e. The molecular formula is C38H35F3N2O5S. The van der Waals surface area contributed by atoms with Crippen molar-refractivity contribution < 1.29 is 37.7 Å². The summed E-state index contributed by atoms with van der Waals surface area (Å²) in [5.41, 5.74) is 8.23. The molecule has 0 spiro atoms. The van der Waals surface area contributed by atoms with Gasteiger partial charge in [-0.05, 0) is 65.6 Å². The van der Waals surface area contributed by atoms with Crippen molar-refractivity contribution in [3.8, 4) is 27.4 Å². The lowest BCUT2D eigenvalue weighted by atomic mass is 10.0. The van der Waals surface area contributed by atoms with Gasteiger partial charge in [0.2, 0.25) is 0 Å².